The Morgan fingerprint density at radius 1 is 1.00 bits per heavy atom. The number of anilines is 1. The number of hydrogen-bond acceptors (Lipinski definition) is 2. The molecule has 0 spiro atoms. The van der Waals surface area contributed by atoms with Crippen LogP contribution in [0.4, 0.5) is 5.69 Å². The summed E-state index contributed by atoms with van der Waals surface area (Å²) in [6.07, 6.45) is 2.10. The Morgan fingerprint density at radius 2 is 1.76 bits per heavy atom. The van der Waals surface area contributed by atoms with Gasteiger partial charge >= 0.3 is 0 Å². The number of aryl methyl sites for hydroxylation is 1. The van der Waals surface area contributed by atoms with E-state index in [0.717, 1.165) is 38.4 Å². The first kappa shape index (κ1) is 14.8. The summed E-state index contributed by atoms with van der Waals surface area (Å²) in [6.45, 7) is 5.17. The topological polar surface area (TPSA) is 11.4 Å². The zero-order chi connectivity index (χ0) is 14.8. The Morgan fingerprint density at radius 3 is 2.38 bits per heavy atom. The van der Waals surface area contributed by atoms with Crippen LogP contribution < -0.4 is 4.90 Å². The van der Waals surface area contributed by atoms with Gasteiger partial charge in [0.15, 0.2) is 0 Å². The summed E-state index contributed by atoms with van der Waals surface area (Å²) in [6, 6.07) is 10.2. The highest BCUT2D eigenvalue weighted by Gasteiger charge is 2.18. The summed E-state index contributed by atoms with van der Waals surface area (Å²) < 4.78 is 2.19. The number of nitrogens with zero attached hydrogens (tertiary/aromatic N) is 3. The zero-order valence-corrected chi connectivity index (χ0v) is 13.6. The smallest absolute Gasteiger partial charge is 0.0612 e. The Balaban J connectivity index is 1.60. The van der Waals surface area contributed by atoms with Gasteiger partial charge in [-0.15, -0.1) is 0 Å². The minimum Gasteiger partial charge on any atom is -0.369 e. The maximum absolute atomic E-state index is 6.10. The zero-order valence-electron chi connectivity index (χ0n) is 12.1. The molecule has 21 heavy (non-hydrogen) atoms. The molecule has 1 aromatic carbocycles. The second-order valence-corrected chi connectivity index (χ2v) is 6.29. The van der Waals surface area contributed by atoms with Crippen LogP contribution in [0, 0.1) is 0 Å². The van der Waals surface area contributed by atoms with Crippen LogP contribution in [0.5, 0.6) is 0 Å². The van der Waals surface area contributed by atoms with Crippen LogP contribution in [0.25, 0.3) is 0 Å². The van der Waals surface area contributed by atoms with E-state index in [-0.39, 0.29) is 0 Å². The molecule has 1 aliphatic heterocycles. The number of halogens is 2. The largest absolute Gasteiger partial charge is 0.369 e. The summed E-state index contributed by atoms with van der Waals surface area (Å²) in [5.41, 5.74) is 2.51. The molecule has 3 rings (SSSR count). The highest BCUT2D eigenvalue weighted by atomic mass is 35.5. The number of hydrogen-bond donors (Lipinski definition) is 0. The second kappa shape index (κ2) is 6.30. The quantitative estimate of drug-likeness (QED) is 0.854. The standard InChI is InChI=1S/C16H19Cl2N3/c1-19-6-2-3-14(19)12-20-7-9-21(10-8-20)13-4-5-15(17)16(18)11-13/h2-6,11H,7-10,12H2,1H3. The summed E-state index contributed by atoms with van der Waals surface area (Å²) in [5, 5.41) is 1.24. The van der Waals surface area contributed by atoms with Gasteiger partial charge in [0, 0.05) is 57.3 Å². The summed E-state index contributed by atoms with van der Waals surface area (Å²) in [5.74, 6) is 0. The second-order valence-electron chi connectivity index (χ2n) is 5.47. The molecule has 0 N–H and O–H groups in total. The first-order valence-electron chi connectivity index (χ1n) is 7.16. The normalized spacial score (nSPS) is 16.4. The SMILES string of the molecule is Cn1cccc1CN1CCN(c2ccc(Cl)c(Cl)c2)CC1. The Kier molecular flexibility index (Phi) is 4.43. The molecule has 0 atom stereocenters. The van der Waals surface area contributed by atoms with Gasteiger partial charge in [0.05, 0.1) is 10.0 Å². The van der Waals surface area contributed by atoms with Crippen molar-refractivity contribution in [2.45, 2.75) is 6.54 Å². The number of benzene rings is 1. The molecule has 1 saturated heterocycles. The van der Waals surface area contributed by atoms with E-state index in [1.165, 1.54) is 5.69 Å². The lowest BCUT2D eigenvalue weighted by Crippen LogP contribution is -2.46. The third-order valence-electron chi connectivity index (χ3n) is 4.08. The van der Waals surface area contributed by atoms with Crippen LogP contribution in [0.15, 0.2) is 36.5 Å². The molecule has 0 bridgehead atoms. The average Bonchev–Trinajstić information content (AvgIpc) is 2.88. The van der Waals surface area contributed by atoms with Gasteiger partial charge in [-0.2, -0.15) is 0 Å². The molecule has 2 aromatic rings. The van der Waals surface area contributed by atoms with E-state index in [2.05, 4.69) is 39.7 Å². The Bertz CT molecular complexity index is 616. The van der Waals surface area contributed by atoms with Crippen LogP contribution in [0.2, 0.25) is 10.0 Å². The molecule has 0 radical (unpaired) electrons. The lowest BCUT2D eigenvalue weighted by atomic mass is 10.2. The first-order valence-corrected chi connectivity index (χ1v) is 7.91. The number of piperazine rings is 1. The van der Waals surface area contributed by atoms with E-state index >= 15 is 0 Å². The van der Waals surface area contributed by atoms with Crippen LogP contribution in [-0.4, -0.2) is 35.6 Å². The molecular weight excluding hydrogens is 305 g/mol. The van der Waals surface area contributed by atoms with Gasteiger partial charge in [-0.1, -0.05) is 23.2 Å². The van der Waals surface area contributed by atoms with Crippen LogP contribution >= 0.6 is 23.2 Å². The van der Waals surface area contributed by atoms with Crippen LogP contribution in [0.1, 0.15) is 5.69 Å². The fraction of sp³-hybridized carbons (Fsp3) is 0.375. The maximum atomic E-state index is 6.10. The van der Waals surface area contributed by atoms with Crippen molar-refractivity contribution in [2.24, 2.45) is 7.05 Å². The molecule has 0 saturated carbocycles. The van der Waals surface area contributed by atoms with E-state index in [0.29, 0.717) is 10.0 Å². The molecule has 1 aromatic heterocycles. The van der Waals surface area contributed by atoms with Crippen molar-refractivity contribution in [3.05, 3.63) is 52.3 Å². The molecule has 0 unspecified atom stereocenters. The molecule has 5 heteroatoms. The van der Waals surface area contributed by atoms with Crippen molar-refractivity contribution in [3.63, 3.8) is 0 Å². The molecule has 2 heterocycles. The van der Waals surface area contributed by atoms with E-state index < -0.39 is 0 Å². The van der Waals surface area contributed by atoms with Crippen LogP contribution in [-0.2, 0) is 13.6 Å². The molecule has 112 valence electrons. The van der Waals surface area contributed by atoms with E-state index in [4.69, 9.17) is 23.2 Å². The van der Waals surface area contributed by atoms with Gasteiger partial charge in [0.25, 0.3) is 0 Å². The highest BCUT2D eigenvalue weighted by molar-refractivity contribution is 6.42. The predicted molar refractivity (Wildman–Crippen MR) is 89.4 cm³/mol. The fourth-order valence-electron chi connectivity index (χ4n) is 2.74. The highest BCUT2D eigenvalue weighted by Crippen LogP contribution is 2.27. The minimum atomic E-state index is 0.614. The molecule has 0 aliphatic carbocycles. The average molecular weight is 324 g/mol. The van der Waals surface area contributed by atoms with Gasteiger partial charge in [0.2, 0.25) is 0 Å². The minimum absolute atomic E-state index is 0.614. The third-order valence-corrected chi connectivity index (χ3v) is 4.82. The molecule has 1 fully saturated rings. The van der Waals surface area contributed by atoms with Crippen molar-refractivity contribution in [1.29, 1.82) is 0 Å². The first-order chi connectivity index (χ1) is 10.1. The summed E-state index contributed by atoms with van der Waals surface area (Å²) in [4.78, 5) is 4.85. The lowest BCUT2D eigenvalue weighted by Gasteiger charge is -2.36. The van der Waals surface area contributed by atoms with Crippen molar-refractivity contribution in [1.82, 2.24) is 9.47 Å². The van der Waals surface area contributed by atoms with E-state index in [1.54, 1.807) is 0 Å². The maximum Gasteiger partial charge on any atom is 0.0612 e. The van der Waals surface area contributed by atoms with Gasteiger partial charge < -0.3 is 9.47 Å². The van der Waals surface area contributed by atoms with E-state index in [9.17, 15) is 0 Å². The predicted octanol–water partition coefficient (Wildman–Crippen LogP) is 3.65. The third kappa shape index (κ3) is 3.37. The van der Waals surface area contributed by atoms with Gasteiger partial charge in [-0.3, -0.25) is 4.90 Å². The molecule has 1 aliphatic rings. The monoisotopic (exact) mass is 323 g/mol. The van der Waals surface area contributed by atoms with Crippen molar-refractivity contribution >= 4 is 28.9 Å². The molecule has 0 amide bonds. The van der Waals surface area contributed by atoms with Gasteiger partial charge in [-0.25, -0.2) is 0 Å². The number of aromatic nitrogens is 1. The summed E-state index contributed by atoms with van der Waals surface area (Å²) in [7, 11) is 2.10. The number of rotatable bonds is 3. The lowest BCUT2D eigenvalue weighted by molar-refractivity contribution is 0.245. The van der Waals surface area contributed by atoms with Gasteiger partial charge in [-0.05, 0) is 30.3 Å². The Labute approximate surface area is 135 Å². The van der Waals surface area contributed by atoms with E-state index in [1.807, 2.05) is 18.2 Å². The molecule has 3 nitrogen and oxygen atoms in total. The molecular formula is C16H19Cl2N3. The summed E-state index contributed by atoms with van der Waals surface area (Å²) >= 11 is 12.1. The van der Waals surface area contributed by atoms with Crippen molar-refractivity contribution in [3.8, 4) is 0 Å². The van der Waals surface area contributed by atoms with Gasteiger partial charge in [0.1, 0.15) is 0 Å². The van der Waals surface area contributed by atoms with Crippen molar-refractivity contribution in [2.75, 3.05) is 31.1 Å². The van der Waals surface area contributed by atoms with Crippen LogP contribution in [0.3, 0.4) is 0 Å². The Hall–Kier alpha value is -1.16. The fourth-order valence-corrected chi connectivity index (χ4v) is 3.03. The van der Waals surface area contributed by atoms with Crippen molar-refractivity contribution < 1.29 is 0 Å².